The molecule has 3 aromatic heterocycles. The third-order valence-corrected chi connectivity index (χ3v) is 5.20. The van der Waals surface area contributed by atoms with Crippen molar-refractivity contribution in [2.45, 2.75) is 0 Å². The van der Waals surface area contributed by atoms with E-state index in [4.69, 9.17) is 4.98 Å². The molecule has 6 nitrogen and oxygen atoms in total. The number of nitrogens with zero attached hydrogens (tertiary/aromatic N) is 4. The maximum Gasteiger partial charge on any atom is 0.239 e. The molecule has 0 saturated carbocycles. The summed E-state index contributed by atoms with van der Waals surface area (Å²) < 4.78 is 0. The minimum Gasteiger partial charge on any atom is -0.353 e. The Kier molecular flexibility index (Phi) is 3.76. The van der Waals surface area contributed by atoms with Gasteiger partial charge in [0.25, 0.3) is 0 Å². The summed E-state index contributed by atoms with van der Waals surface area (Å²) in [5.74, 6) is 0.573. The quantitative estimate of drug-likeness (QED) is 0.790. The summed E-state index contributed by atoms with van der Waals surface area (Å²) in [4.78, 5) is 28.2. The zero-order valence-electron chi connectivity index (χ0n) is 12.1. The van der Waals surface area contributed by atoms with Crippen LogP contribution in [0.2, 0.25) is 0 Å². The second kappa shape index (κ2) is 6.05. The molecule has 0 radical (unpaired) electrons. The van der Waals surface area contributed by atoms with Gasteiger partial charge in [-0.25, -0.2) is 15.0 Å². The van der Waals surface area contributed by atoms with Gasteiger partial charge in [0, 0.05) is 41.3 Å². The van der Waals surface area contributed by atoms with Gasteiger partial charge in [0.15, 0.2) is 0 Å². The largest absolute Gasteiger partial charge is 0.353 e. The number of amides is 1. The average Bonchev–Trinajstić information content (AvgIpc) is 3.28. The Balaban J connectivity index is 1.79. The number of hydrogen-bond acceptors (Lipinski definition) is 7. The lowest BCUT2D eigenvalue weighted by Gasteiger charge is -2.26. The molecule has 1 N–H and O–H groups in total. The van der Waals surface area contributed by atoms with Gasteiger partial charge >= 0.3 is 0 Å². The highest BCUT2D eigenvalue weighted by Crippen LogP contribution is 2.34. The van der Waals surface area contributed by atoms with E-state index in [2.05, 4.69) is 21.4 Å². The van der Waals surface area contributed by atoms with Crippen LogP contribution in [0, 0.1) is 0 Å². The van der Waals surface area contributed by atoms with Crippen molar-refractivity contribution in [3.8, 4) is 21.1 Å². The predicted octanol–water partition coefficient (Wildman–Crippen LogP) is 2.26. The van der Waals surface area contributed by atoms with Crippen molar-refractivity contribution in [2.75, 3.05) is 24.5 Å². The van der Waals surface area contributed by atoms with E-state index >= 15 is 0 Å². The number of carbonyl (C=O) groups is 1. The number of anilines is 1. The number of carbonyl (C=O) groups excluding carboxylic acids is 1. The number of rotatable bonds is 3. The number of nitrogens with one attached hydrogen (secondary N) is 1. The number of thiophene rings is 1. The lowest BCUT2D eigenvalue weighted by atomic mass is 10.2. The third-order valence-electron chi connectivity index (χ3n) is 3.52. The second-order valence-corrected chi connectivity index (χ2v) is 6.86. The third kappa shape index (κ3) is 2.82. The van der Waals surface area contributed by atoms with Gasteiger partial charge in [0.2, 0.25) is 11.9 Å². The van der Waals surface area contributed by atoms with Crippen molar-refractivity contribution >= 4 is 34.5 Å². The molecular formula is C15H13N5OS2. The Morgan fingerprint density at radius 1 is 1.22 bits per heavy atom. The molecule has 1 amide bonds. The molecule has 0 unspecified atom stereocenters. The van der Waals surface area contributed by atoms with Crippen LogP contribution in [0.4, 0.5) is 5.95 Å². The molecule has 1 aliphatic rings. The summed E-state index contributed by atoms with van der Waals surface area (Å²) in [5, 5.41) is 7.64. The lowest BCUT2D eigenvalue weighted by molar-refractivity contribution is -0.120. The first-order valence-electron chi connectivity index (χ1n) is 7.14. The molecule has 4 rings (SSSR count). The fourth-order valence-electron chi connectivity index (χ4n) is 2.45. The van der Waals surface area contributed by atoms with E-state index < -0.39 is 0 Å². The zero-order chi connectivity index (χ0) is 15.6. The fraction of sp³-hybridized carbons (Fsp3) is 0.200. The standard InChI is InChI=1S/C15H13N5OS2/c21-12-9-20(5-3-16-12)15-18-8-10(11-2-1-6-22-11)13(19-15)14-17-4-7-23-14/h1-2,4,6-8H,3,5,9H2,(H,16,21). The first-order chi connectivity index (χ1) is 11.3. The maximum atomic E-state index is 11.6. The van der Waals surface area contributed by atoms with Gasteiger partial charge in [0.05, 0.1) is 6.54 Å². The van der Waals surface area contributed by atoms with Gasteiger partial charge in [-0.05, 0) is 11.4 Å². The molecule has 23 heavy (non-hydrogen) atoms. The monoisotopic (exact) mass is 343 g/mol. The SMILES string of the molecule is O=C1CN(c2ncc(-c3cccs3)c(-c3nccs3)n2)CCN1. The molecule has 0 aromatic carbocycles. The smallest absolute Gasteiger partial charge is 0.239 e. The van der Waals surface area contributed by atoms with Crippen LogP contribution in [0.25, 0.3) is 21.1 Å². The highest BCUT2D eigenvalue weighted by atomic mass is 32.1. The van der Waals surface area contributed by atoms with E-state index in [1.54, 1.807) is 28.9 Å². The minimum atomic E-state index is -0.00187. The van der Waals surface area contributed by atoms with Crippen molar-refractivity contribution in [1.29, 1.82) is 0 Å². The van der Waals surface area contributed by atoms with E-state index in [1.165, 1.54) is 0 Å². The molecule has 0 atom stereocenters. The Morgan fingerprint density at radius 2 is 2.17 bits per heavy atom. The summed E-state index contributed by atoms with van der Waals surface area (Å²) in [6.07, 6.45) is 3.60. The predicted molar refractivity (Wildman–Crippen MR) is 91.7 cm³/mol. The Bertz CT molecular complexity index is 817. The summed E-state index contributed by atoms with van der Waals surface area (Å²) in [7, 11) is 0. The van der Waals surface area contributed by atoms with Crippen LogP contribution in [-0.2, 0) is 4.79 Å². The molecule has 116 valence electrons. The summed E-state index contributed by atoms with van der Waals surface area (Å²) >= 11 is 3.20. The van der Waals surface area contributed by atoms with Crippen LogP contribution in [0.1, 0.15) is 0 Å². The van der Waals surface area contributed by atoms with Gasteiger partial charge in [-0.2, -0.15) is 0 Å². The van der Waals surface area contributed by atoms with Crippen molar-refractivity contribution in [2.24, 2.45) is 0 Å². The highest BCUT2D eigenvalue weighted by molar-refractivity contribution is 7.14. The van der Waals surface area contributed by atoms with Crippen molar-refractivity contribution < 1.29 is 4.79 Å². The van der Waals surface area contributed by atoms with Crippen LogP contribution < -0.4 is 10.2 Å². The number of thiazole rings is 1. The molecule has 0 spiro atoms. The molecule has 4 heterocycles. The van der Waals surface area contributed by atoms with Crippen LogP contribution in [0.5, 0.6) is 0 Å². The number of hydrogen-bond donors (Lipinski definition) is 1. The topological polar surface area (TPSA) is 71.0 Å². The van der Waals surface area contributed by atoms with Gasteiger partial charge in [0.1, 0.15) is 10.7 Å². The Labute approximate surface area is 140 Å². The van der Waals surface area contributed by atoms with Crippen LogP contribution in [-0.4, -0.2) is 40.5 Å². The van der Waals surface area contributed by atoms with Crippen LogP contribution >= 0.6 is 22.7 Å². The van der Waals surface area contributed by atoms with Gasteiger partial charge in [-0.3, -0.25) is 4.79 Å². The van der Waals surface area contributed by atoms with Crippen molar-refractivity contribution in [1.82, 2.24) is 20.3 Å². The normalized spacial score (nSPS) is 14.8. The van der Waals surface area contributed by atoms with E-state index in [0.717, 1.165) is 21.1 Å². The first kappa shape index (κ1) is 14.3. The van der Waals surface area contributed by atoms with Gasteiger partial charge < -0.3 is 10.2 Å². The van der Waals surface area contributed by atoms with E-state index in [1.807, 2.05) is 27.9 Å². The lowest BCUT2D eigenvalue weighted by Crippen LogP contribution is -2.48. The van der Waals surface area contributed by atoms with Gasteiger partial charge in [-0.1, -0.05) is 6.07 Å². The van der Waals surface area contributed by atoms with Crippen molar-refractivity contribution in [3.05, 3.63) is 35.3 Å². The van der Waals surface area contributed by atoms with E-state index in [-0.39, 0.29) is 12.5 Å². The summed E-state index contributed by atoms with van der Waals surface area (Å²) in [6, 6.07) is 4.06. The molecule has 8 heteroatoms. The maximum absolute atomic E-state index is 11.6. The van der Waals surface area contributed by atoms with Gasteiger partial charge in [-0.15, -0.1) is 22.7 Å². The molecular weight excluding hydrogens is 330 g/mol. The first-order valence-corrected chi connectivity index (χ1v) is 8.89. The number of piperazine rings is 1. The average molecular weight is 343 g/mol. The molecule has 0 bridgehead atoms. The van der Waals surface area contributed by atoms with Crippen molar-refractivity contribution in [3.63, 3.8) is 0 Å². The number of aromatic nitrogens is 3. The van der Waals surface area contributed by atoms with Crippen LogP contribution in [0.15, 0.2) is 35.3 Å². The molecule has 1 saturated heterocycles. The van der Waals surface area contributed by atoms with E-state index in [0.29, 0.717) is 19.0 Å². The Hall–Kier alpha value is -2.32. The molecule has 3 aromatic rings. The zero-order valence-corrected chi connectivity index (χ0v) is 13.7. The molecule has 1 aliphatic heterocycles. The molecule has 0 aliphatic carbocycles. The van der Waals surface area contributed by atoms with E-state index in [9.17, 15) is 4.79 Å². The summed E-state index contributed by atoms with van der Waals surface area (Å²) in [5.41, 5.74) is 1.79. The Morgan fingerprint density at radius 3 is 2.91 bits per heavy atom. The van der Waals surface area contributed by atoms with Crippen LogP contribution in [0.3, 0.4) is 0 Å². The minimum absolute atomic E-state index is 0.00187. The second-order valence-electron chi connectivity index (χ2n) is 5.02. The molecule has 1 fully saturated rings. The summed E-state index contributed by atoms with van der Waals surface area (Å²) in [6.45, 7) is 1.61. The fourth-order valence-corrected chi connectivity index (χ4v) is 3.83. The highest BCUT2D eigenvalue weighted by Gasteiger charge is 2.21.